The van der Waals surface area contributed by atoms with Gasteiger partial charge in [0.25, 0.3) is 0 Å². The van der Waals surface area contributed by atoms with E-state index in [-0.39, 0.29) is 11.9 Å². The van der Waals surface area contributed by atoms with Gasteiger partial charge < -0.3 is 14.8 Å². The molecule has 8 nitrogen and oxygen atoms in total. The van der Waals surface area contributed by atoms with Crippen LogP contribution in [0.25, 0.3) is 33.4 Å². The molecule has 1 aliphatic heterocycles. The lowest BCUT2D eigenvalue weighted by molar-refractivity contribution is -0.129. The molecule has 4 aromatic rings. The Bertz CT molecular complexity index is 1520. The van der Waals surface area contributed by atoms with Crippen LogP contribution < -0.4 is 0 Å². The van der Waals surface area contributed by atoms with Gasteiger partial charge in [0.05, 0.1) is 30.4 Å². The molecule has 4 heterocycles. The van der Waals surface area contributed by atoms with E-state index in [1.54, 1.807) is 18.3 Å². The molecule has 1 N–H and O–H groups in total. The van der Waals surface area contributed by atoms with Crippen molar-refractivity contribution in [3.8, 4) is 28.5 Å². The Morgan fingerprint density at radius 3 is 2.94 bits per heavy atom. The zero-order chi connectivity index (χ0) is 25.4. The zero-order valence-corrected chi connectivity index (χ0v) is 21.0. The van der Waals surface area contributed by atoms with Crippen molar-refractivity contribution in [3.05, 3.63) is 71.7 Å². The fourth-order valence-corrected chi connectivity index (χ4v) is 4.88. The average molecular weight is 480 g/mol. The van der Waals surface area contributed by atoms with E-state index in [0.29, 0.717) is 25.2 Å². The van der Waals surface area contributed by atoms with Crippen LogP contribution in [0, 0.1) is 18.3 Å². The van der Waals surface area contributed by atoms with Gasteiger partial charge in [-0.2, -0.15) is 10.4 Å². The van der Waals surface area contributed by atoms with Crippen LogP contribution >= 0.6 is 0 Å². The van der Waals surface area contributed by atoms with Gasteiger partial charge in [0.15, 0.2) is 0 Å². The number of hydrogen-bond acceptors (Lipinski definition) is 5. The summed E-state index contributed by atoms with van der Waals surface area (Å²) in [6, 6.07) is 11.8. The van der Waals surface area contributed by atoms with Crippen LogP contribution in [0.2, 0.25) is 0 Å². The van der Waals surface area contributed by atoms with E-state index in [1.807, 2.05) is 65.1 Å². The van der Waals surface area contributed by atoms with Crippen LogP contribution in [0.15, 0.2) is 54.9 Å². The number of hydrogen-bond donors (Lipinski definition) is 1. The van der Waals surface area contributed by atoms with E-state index < -0.39 is 0 Å². The van der Waals surface area contributed by atoms with Crippen LogP contribution in [-0.2, 0) is 17.9 Å². The van der Waals surface area contributed by atoms with Gasteiger partial charge in [-0.3, -0.25) is 9.48 Å². The fourth-order valence-electron chi connectivity index (χ4n) is 4.88. The number of benzene rings is 1. The van der Waals surface area contributed by atoms with Crippen molar-refractivity contribution in [1.29, 1.82) is 5.26 Å². The summed E-state index contributed by atoms with van der Waals surface area (Å²) in [7, 11) is 3.95. The highest BCUT2D eigenvalue weighted by Crippen LogP contribution is 2.41. The highest BCUT2D eigenvalue weighted by Gasteiger charge is 2.32. The molecule has 0 aliphatic carbocycles. The van der Waals surface area contributed by atoms with Gasteiger partial charge >= 0.3 is 0 Å². The third kappa shape index (κ3) is 4.18. The highest BCUT2D eigenvalue weighted by atomic mass is 16.2. The summed E-state index contributed by atoms with van der Waals surface area (Å²) in [5.74, 6) is -0.00604. The first-order chi connectivity index (χ1) is 17.4. The molecule has 0 spiro atoms. The standard InChI is InChI=1S/C28H29N7O/c1-18-15-31-28-25(18)22(10-11-30-28)26-23-17-34(24(36)9-6-12-33(3)4)19(2)16-35(23)32-27(26)21-8-5-7-20(13-21)14-29/h5-11,13,15,19H,12,16-17H2,1-4H3,(H,30,31)/b9-6+/t19-/m0/s1. The van der Waals surface area contributed by atoms with Crippen molar-refractivity contribution in [2.45, 2.75) is 33.0 Å². The van der Waals surface area contributed by atoms with Crippen molar-refractivity contribution < 1.29 is 4.79 Å². The maximum absolute atomic E-state index is 13.2. The minimum absolute atomic E-state index is 0.00604. The normalized spacial score (nSPS) is 15.6. The van der Waals surface area contributed by atoms with E-state index >= 15 is 0 Å². The average Bonchev–Trinajstić information content (AvgIpc) is 3.43. The molecule has 8 heteroatoms. The molecular weight excluding hydrogens is 450 g/mol. The largest absolute Gasteiger partial charge is 0.346 e. The molecule has 1 atom stereocenters. The number of aromatic amines is 1. The SMILES string of the molecule is Cc1c[nH]c2nccc(-c3c(-c4cccc(C#N)c4)nn4c3CN(C(=O)/C=C/CN(C)C)[C@@H](C)C4)c12. The van der Waals surface area contributed by atoms with Crippen LogP contribution in [0.5, 0.6) is 0 Å². The van der Waals surface area contributed by atoms with Crippen molar-refractivity contribution in [2.24, 2.45) is 0 Å². The summed E-state index contributed by atoms with van der Waals surface area (Å²) < 4.78 is 2.02. The zero-order valence-electron chi connectivity index (χ0n) is 21.0. The molecule has 0 saturated heterocycles. The molecular formula is C28H29N7O. The predicted molar refractivity (Wildman–Crippen MR) is 140 cm³/mol. The molecule has 1 amide bonds. The highest BCUT2D eigenvalue weighted by molar-refractivity contribution is 6.00. The first-order valence-electron chi connectivity index (χ1n) is 12.0. The minimum Gasteiger partial charge on any atom is -0.346 e. The van der Waals surface area contributed by atoms with Crippen LogP contribution in [0.1, 0.15) is 23.7 Å². The lowest BCUT2D eigenvalue weighted by Crippen LogP contribution is -2.44. The van der Waals surface area contributed by atoms with Gasteiger partial charge in [0.2, 0.25) is 5.91 Å². The summed E-state index contributed by atoms with van der Waals surface area (Å²) in [5.41, 5.74) is 7.13. The smallest absolute Gasteiger partial charge is 0.246 e. The lowest BCUT2D eigenvalue weighted by Gasteiger charge is -2.33. The number of nitriles is 1. The van der Waals surface area contributed by atoms with Crippen LogP contribution in [0.3, 0.4) is 0 Å². The molecule has 1 aromatic carbocycles. The predicted octanol–water partition coefficient (Wildman–Crippen LogP) is 4.12. The molecule has 0 fully saturated rings. The molecule has 0 unspecified atom stereocenters. The number of pyridine rings is 1. The number of rotatable bonds is 5. The summed E-state index contributed by atoms with van der Waals surface area (Å²) in [5, 5.41) is 15.6. The number of carbonyl (C=O) groups excluding carboxylic acids is 1. The monoisotopic (exact) mass is 479 g/mol. The second-order valence-corrected chi connectivity index (χ2v) is 9.58. The Labute approximate surface area is 210 Å². The van der Waals surface area contributed by atoms with Crippen molar-refractivity contribution in [1.82, 2.24) is 29.5 Å². The number of H-pyrrole nitrogens is 1. The Kier molecular flexibility index (Phi) is 6.17. The van der Waals surface area contributed by atoms with E-state index in [4.69, 9.17) is 5.10 Å². The Balaban J connectivity index is 1.68. The molecule has 0 bridgehead atoms. The van der Waals surface area contributed by atoms with Crippen molar-refractivity contribution >= 4 is 16.9 Å². The van der Waals surface area contributed by atoms with Gasteiger partial charge in [0.1, 0.15) is 11.3 Å². The molecule has 1 aliphatic rings. The minimum atomic E-state index is -0.00787. The first-order valence-corrected chi connectivity index (χ1v) is 12.0. The number of aryl methyl sites for hydroxylation is 1. The summed E-state index contributed by atoms with van der Waals surface area (Å²) >= 11 is 0. The van der Waals surface area contributed by atoms with Crippen molar-refractivity contribution in [3.63, 3.8) is 0 Å². The third-order valence-electron chi connectivity index (χ3n) is 6.67. The van der Waals surface area contributed by atoms with E-state index in [2.05, 4.69) is 29.9 Å². The molecule has 182 valence electrons. The number of fused-ring (bicyclic) bond motifs is 2. The van der Waals surface area contributed by atoms with Gasteiger partial charge in [-0.15, -0.1) is 0 Å². The van der Waals surface area contributed by atoms with E-state index in [0.717, 1.165) is 44.7 Å². The Morgan fingerprint density at radius 1 is 1.33 bits per heavy atom. The van der Waals surface area contributed by atoms with Gasteiger partial charge in [0, 0.05) is 47.6 Å². The summed E-state index contributed by atoms with van der Waals surface area (Å²) in [6.45, 7) is 5.86. The number of carbonyl (C=O) groups is 1. The molecule has 0 radical (unpaired) electrons. The van der Waals surface area contributed by atoms with E-state index in [1.165, 1.54) is 0 Å². The number of aromatic nitrogens is 4. The number of likely N-dealkylation sites (N-methyl/N-ethyl adjacent to an activating group) is 1. The van der Waals surface area contributed by atoms with E-state index in [9.17, 15) is 10.1 Å². The second-order valence-electron chi connectivity index (χ2n) is 9.58. The second kappa shape index (κ2) is 9.44. The van der Waals surface area contributed by atoms with Gasteiger partial charge in [-0.25, -0.2) is 4.98 Å². The number of nitrogens with zero attached hydrogens (tertiary/aromatic N) is 6. The fraction of sp³-hybridized carbons (Fsp3) is 0.286. The molecule has 0 saturated carbocycles. The summed E-state index contributed by atoms with van der Waals surface area (Å²) in [6.07, 6.45) is 7.32. The Hall–Kier alpha value is -4.22. The lowest BCUT2D eigenvalue weighted by atomic mass is 9.94. The Morgan fingerprint density at radius 2 is 2.17 bits per heavy atom. The van der Waals surface area contributed by atoms with Crippen LogP contribution in [-0.4, -0.2) is 62.1 Å². The van der Waals surface area contributed by atoms with Crippen LogP contribution in [0.4, 0.5) is 0 Å². The van der Waals surface area contributed by atoms with Gasteiger partial charge in [-0.1, -0.05) is 18.2 Å². The number of amides is 1. The van der Waals surface area contributed by atoms with Gasteiger partial charge in [-0.05, 0) is 57.3 Å². The first kappa shape index (κ1) is 23.5. The molecule has 5 rings (SSSR count). The topological polar surface area (TPSA) is 93.8 Å². The maximum Gasteiger partial charge on any atom is 0.246 e. The molecule has 36 heavy (non-hydrogen) atoms. The van der Waals surface area contributed by atoms with Crippen molar-refractivity contribution in [2.75, 3.05) is 20.6 Å². The summed E-state index contributed by atoms with van der Waals surface area (Å²) in [4.78, 5) is 24.9. The molecule has 3 aromatic heterocycles. The maximum atomic E-state index is 13.2. The third-order valence-corrected chi connectivity index (χ3v) is 6.67. The number of nitrogens with one attached hydrogen (secondary N) is 1. The quantitative estimate of drug-likeness (QED) is 0.435.